The Morgan fingerprint density at radius 1 is 0.898 bits per heavy atom. The summed E-state index contributed by atoms with van der Waals surface area (Å²) in [6, 6.07) is 11.4. The molecular weight excluding hydrogens is 912 g/mol. The Labute approximate surface area is 442 Å². The van der Waals surface area contributed by atoms with Crippen molar-refractivity contribution < 1.29 is 193 Å². The Bertz CT molecular complexity index is 1040. The third kappa shape index (κ3) is 71.4. The maximum absolute atomic E-state index is 9.80. The van der Waals surface area contributed by atoms with Gasteiger partial charge in [0.05, 0.1) is 30.3 Å². The molecule has 0 atom stereocenters. The molecule has 0 aromatic carbocycles. The molecule has 24 heteroatoms. The predicted molar refractivity (Wildman–Crippen MR) is 198 cm³/mol. The molecule has 2 N–H and O–H groups in total. The summed E-state index contributed by atoms with van der Waals surface area (Å²) >= 11 is 15.7. The molecule has 3 aromatic heterocycles. The summed E-state index contributed by atoms with van der Waals surface area (Å²) in [6.45, 7) is 6.15. The van der Waals surface area contributed by atoms with Crippen LogP contribution in [0, 0.1) is 0 Å². The molecule has 10 nitrogen and oxygen atoms in total. The van der Waals surface area contributed by atoms with Gasteiger partial charge in [0.2, 0.25) is 0 Å². The van der Waals surface area contributed by atoms with Crippen LogP contribution >= 0.6 is 60.9 Å². The Morgan fingerprint density at radius 3 is 1.49 bits per heavy atom. The fraction of sp³-hybridized carbons (Fsp3) is 0.520. The zero-order chi connectivity index (χ0) is 32.5. The number of hydrogen-bond donors (Lipinski definition) is 2. The first-order valence-electron chi connectivity index (χ1n) is 12.1. The normalized spacial score (nSPS) is 8.43. The molecule has 0 amide bonds. The van der Waals surface area contributed by atoms with Gasteiger partial charge in [-0.3, -0.25) is 5.26 Å². The van der Waals surface area contributed by atoms with E-state index in [2.05, 4.69) is 70.6 Å². The molecule has 0 spiro atoms. The van der Waals surface area contributed by atoms with E-state index in [1.54, 1.807) is 18.8 Å². The first-order chi connectivity index (χ1) is 20.0. The second-order valence-electron chi connectivity index (χ2n) is 6.82. The Balaban J connectivity index is -0.0000000464. The molecule has 0 aliphatic rings. The summed E-state index contributed by atoms with van der Waals surface area (Å²) in [5.74, 6) is 6.73. The molecule has 3 rings (SSSR count). The van der Waals surface area contributed by atoms with Gasteiger partial charge in [0, 0.05) is 22.6 Å². The topological polar surface area (TPSA) is 173 Å². The van der Waals surface area contributed by atoms with Crippen molar-refractivity contribution in [1.82, 2.24) is 0 Å². The molecule has 0 saturated carbocycles. The fourth-order valence-electron chi connectivity index (χ4n) is 1.62. The number of alkyl halides is 1. The van der Waals surface area contributed by atoms with Crippen molar-refractivity contribution in [3.05, 3.63) is 72.5 Å². The van der Waals surface area contributed by atoms with Crippen LogP contribution in [0.25, 0.3) is 0 Å². The van der Waals surface area contributed by atoms with Crippen LogP contribution in [0.15, 0.2) is 68.4 Å². The third-order valence-corrected chi connectivity index (χ3v) is 9.71. The molecule has 0 radical (unpaired) electrons. The minimum absolute atomic E-state index is 0. The summed E-state index contributed by atoms with van der Waals surface area (Å²) in [5, 5.41) is 8.37. The molecule has 3 heterocycles. The summed E-state index contributed by atoms with van der Waals surface area (Å²) in [4.78, 5) is 0. The van der Waals surface area contributed by atoms with Crippen LogP contribution in [-0.2, 0) is 68.4 Å². The van der Waals surface area contributed by atoms with E-state index in [0.29, 0.717) is 34.5 Å². The van der Waals surface area contributed by atoms with Crippen molar-refractivity contribution in [1.29, 1.82) is 0 Å². The Kier molecular flexibility index (Phi) is 100. The molecular formula is C25H43BrNa5O10S8+. The van der Waals surface area contributed by atoms with Crippen LogP contribution in [0.2, 0.25) is 0 Å². The molecule has 0 aliphatic heterocycles. The maximum atomic E-state index is 9.80. The van der Waals surface area contributed by atoms with Gasteiger partial charge in [0.15, 0.2) is 0 Å². The SMILES string of the molecule is C.CCCBr.CCCSS(=O)(=O)[O-].CCCSSCc1ccco1.O=[S-](=S)OO.SCc1ccco1.[Na+].[Na+].[Na+].[Na+].[Na+].[OH-].[S-]Cc1ccco1. The predicted octanol–water partition coefficient (Wildman–Crippen LogP) is -5.72. The zero-order valence-corrected chi connectivity index (χ0v) is 47.1. The number of furan rings is 3. The van der Waals surface area contributed by atoms with Gasteiger partial charge in [-0.1, -0.05) is 75.4 Å². The third-order valence-electron chi connectivity index (χ3n) is 3.29. The van der Waals surface area contributed by atoms with Crippen molar-refractivity contribution in [3.8, 4) is 0 Å². The average molecular weight is 955 g/mol. The molecule has 262 valence electrons. The van der Waals surface area contributed by atoms with E-state index >= 15 is 0 Å². The number of thiol groups is 1. The summed E-state index contributed by atoms with van der Waals surface area (Å²) in [6.07, 6.45) is 8.19. The Morgan fingerprint density at radius 2 is 1.29 bits per heavy atom. The minimum Gasteiger partial charge on any atom is -0.870 e. The minimum atomic E-state index is -4.02. The summed E-state index contributed by atoms with van der Waals surface area (Å²) in [5.41, 5.74) is 0. The molecule has 3 aromatic rings. The van der Waals surface area contributed by atoms with Gasteiger partial charge in [0.1, 0.15) is 20.7 Å². The van der Waals surface area contributed by atoms with Gasteiger partial charge < -0.3 is 44.5 Å². The van der Waals surface area contributed by atoms with E-state index in [4.69, 9.17) is 18.5 Å². The van der Waals surface area contributed by atoms with Crippen molar-refractivity contribution in [3.63, 3.8) is 0 Å². The number of halogens is 1. The van der Waals surface area contributed by atoms with Gasteiger partial charge in [-0.2, -0.15) is 12.6 Å². The van der Waals surface area contributed by atoms with Gasteiger partial charge >= 0.3 is 148 Å². The van der Waals surface area contributed by atoms with Crippen LogP contribution in [0.4, 0.5) is 0 Å². The monoisotopic (exact) mass is 953 g/mol. The number of hydrogen-bond acceptors (Lipinski definition) is 17. The number of rotatable bonds is 12. The van der Waals surface area contributed by atoms with Gasteiger partial charge in [-0.25, -0.2) is 19.6 Å². The van der Waals surface area contributed by atoms with Crippen molar-refractivity contribution in [2.24, 2.45) is 0 Å². The van der Waals surface area contributed by atoms with E-state index in [-0.39, 0.29) is 161 Å². The van der Waals surface area contributed by atoms with Crippen LogP contribution < -0.4 is 148 Å². The molecule has 0 bridgehead atoms. The second kappa shape index (κ2) is 62.4. The maximum Gasteiger partial charge on any atom is 1.00 e. The van der Waals surface area contributed by atoms with Gasteiger partial charge in [-0.05, 0) is 66.5 Å². The van der Waals surface area contributed by atoms with Crippen LogP contribution in [0.3, 0.4) is 0 Å². The smallest absolute Gasteiger partial charge is 0.870 e. The van der Waals surface area contributed by atoms with E-state index in [9.17, 15) is 17.2 Å². The molecule has 0 saturated heterocycles. The van der Waals surface area contributed by atoms with Gasteiger partial charge in [-0.15, -0.1) is 5.75 Å². The van der Waals surface area contributed by atoms with Crippen LogP contribution in [0.5, 0.6) is 0 Å². The quantitative estimate of drug-likeness (QED) is 0.0203. The van der Waals surface area contributed by atoms with Crippen molar-refractivity contribution in [2.75, 3.05) is 16.8 Å². The molecule has 0 unspecified atom stereocenters. The summed E-state index contributed by atoms with van der Waals surface area (Å²) in [7, 11) is -1.74. The van der Waals surface area contributed by atoms with E-state index < -0.39 is 18.8 Å². The van der Waals surface area contributed by atoms with E-state index in [0.717, 1.165) is 28.4 Å². The molecule has 0 fully saturated rings. The molecule has 0 aliphatic carbocycles. The second-order valence-corrected chi connectivity index (χ2v) is 15.6. The Hall–Kier alpha value is 5.23. The summed E-state index contributed by atoms with van der Waals surface area (Å²) < 4.78 is 56.7. The van der Waals surface area contributed by atoms with Crippen molar-refractivity contribution >= 4 is 104 Å². The van der Waals surface area contributed by atoms with Crippen LogP contribution in [0.1, 0.15) is 64.7 Å². The molecule has 49 heavy (non-hydrogen) atoms. The fourth-order valence-corrected chi connectivity index (χ4v) is 5.55. The van der Waals surface area contributed by atoms with E-state index in [1.165, 1.54) is 18.6 Å². The van der Waals surface area contributed by atoms with Crippen LogP contribution in [-0.4, -0.2) is 40.5 Å². The van der Waals surface area contributed by atoms with E-state index in [1.807, 2.05) is 64.9 Å². The average Bonchev–Trinajstić information content (AvgIpc) is 3.79. The largest absolute Gasteiger partial charge is 1.00 e. The van der Waals surface area contributed by atoms with Gasteiger partial charge in [0.25, 0.3) is 0 Å². The first kappa shape index (κ1) is 78.5. The first-order valence-corrected chi connectivity index (χ1v) is 21.9. The van der Waals surface area contributed by atoms with Crippen molar-refractivity contribution in [2.45, 2.75) is 64.7 Å². The standard InChI is InChI=1S/C8H12OS2.2C5H6OS.C3H7Br.C3H8O3S2.CH4.5Na.HO3S2.H2O/c1-2-6-10-11-7-8-4-3-5-9-8;2*7-4-5-2-1-3-6-5;1-2-3-4;1-2-3-7-8(4,5)6;;;;;;;1-3-5(2)4;/h3-5H,2,6-7H2,1H3;2*1-3,7H,4H2;2-3H2,1H3;2-3H2,1H3,(H,4,5,6);1H4;;;;;;1H;1H2/q;;;;;;5*+1;-1;/p-3. The zero-order valence-electron chi connectivity index (χ0n) is 28.9.